The van der Waals surface area contributed by atoms with E-state index < -0.39 is 0 Å². The van der Waals surface area contributed by atoms with Gasteiger partial charge in [-0.1, -0.05) is 75.9 Å². The molecule has 0 spiro atoms. The van der Waals surface area contributed by atoms with Crippen molar-refractivity contribution in [2.45, 2.75) is 17.9 Å². The summed E-state index contributed by atoms with van der Waals surface area (Å²) >= 11 is 2.91. The van der Waals surface area contributed by atoms with Gasteiger partial charge in [0.1, 0.15) is 23.7 Å². The zero-order valence-electron chi connectivity index (χ0n) is 17.1. The molecule has 10 heteroatoms. The fraction of sp³-hybridized carbons (Fsp3) is 0.136. The monoisotopic (exact) mass is 465 g/mol. The number of hydrogen-bond donors (Lipinski definition) is 1. The average Bonchev–Trinajstić information content (AvgIpc) is 3.44. The van der Waals surface area contributed by atoms with Crippen LogP contribution in [0.1, 0.15) is 27.3 Å². The number of anilines is 1. The third kappa shape index (κ3) is 6.02. The van der Waals surface area contributed by atoms with Gasteiger partial charge >= 0.3 is 0 Å². The molecule has 0 saturated heterocycles. The van der Waals surface area contributed by atoms with E-state index in [2.05, 4.69) is 42.6 Å². The number of thioether (sulfide) groups is 1. The van der Waals surface area contributed by atoms with Crippen LogP contribution >= 0.6 is 23.1 Å². The van der Waals surface area contributed by atoms with E-state index in [4.69, 9.17) is 4.74 Å². The predicted molar refractivity (Wildman–Crippen MR) is 124 cm³/mol. The number of ether oxygens (including phenoxy) is 1. The molecular weight excluding hydrogens is 446 g/mol. The molecule has 162 valence electrons. The fourth-order valence-electron chi connectivity index (χ4n) is 2.59. The molecule has 2 heterocycles. The number of carbonyl (C=O) groups is 1. The largest absolute Gasteiger partial charge is 0.487 e. The minimum atomic E-state index is -0.259. The van der Waals surface area contributed by atoms with Crippen LogP contribution in [0, 0.1) is 6.92 Å². The molecule has 0 radical (unpaired) electrons. The van der Waals surface area contributed by atoms with Crippen molar-refractivity contribution in [3.05, 3.63) is 83.2 Å². The minimum absolute atomic E-state index is 0.243. The van der Waals surface area contributed by atoms with E-state index in [9.17, 15) is 4.79 Å². The van der Waals surface area contributed by atoms with Crippen LogP contribution in [-0.2, 0) is 6.61 Å². The van der Waals surface area contributed by atoms with Crippen LogP contribution in [-0.4, -0.2) is 32.2 Å². The molecule has 1 amide bonds. The van der Waals surface area contributed by atoms with Gasteiger partial charge in [0.15, 0.2) is 4.34 Å². The summed E-state index contributed by atoms with van der Waals surface area (Å²) in [5, 5.41) is 18.9. The first-order valence-electron chi connectivity index (χ1n) is 9.67. The van der Waals surface area contributed by atoms with Gasteiger partial charge in [-0.15, -0.1) is 10.2 Å². The number of hydrogen-bond acceptors (Lipinski definition) is 9. The Morgan fingerprint density at radius 3 is 2.69 bits per heavy atom. The van der Waals surface area contributed by atoms with E-state index in [1.54, 1.807) is 43.0 Å². The lowest BCUT2D eigenvalue weighted by molar-refractivity contribution is 0.102. The first-order chi connectivity index (χ1) is 15.7. The van der Waals surface area contributed by atoms with Crippen LogP contribution in [0.15, 0.2) is 69.6 Å². The molecule has 0 aliphatic carbocycles. The Morgan fingerprint density at radius 2 is 1.94 bits per heavy atom. The summed E-state index contributed by atoms with van der Waals surface area (Å²) in [6.45, 7) is 2.04. The van der Waals surface area contributed by atoms with Gasteiger partial charge < -0.3 is 4.74 Å². The summed E-state index contributed by atoms with van der Waals surface area (Å²) in [6.07, 6.45) is 4.14. The maximum absolute atomic E-state index is 12.5. The SMILES string of the molecule is Cc1nonc1COc1ccc(C(=O)Nc2nnc(SC/C=C/c3ccccc3)s2)cc1. The van der Waals surface area contributed by atoms with E-state index in [1.165, 1.54) is 11.3 Å². The first-order valence-corrected chi connectivity index (χ1v) is 11.5. The van der Waals surface area contributed by atoms with Gasteiger partial charge in [0, 0.05) is 11.3 Å². The molecule has 0 saturated carbocycles. The number of carbonyl (C=O) groups excluding carboxylic acids is 1. The van der Waals surface area contributed by atoms with Crippen molar-refractivity contribution >= 4 is 40.2 Å². The maximum atomic E-state index is 12.5. The number of nitrogens with zero attached hydrogens (tertiary/aromatic N) is 4. The number of aryl methyl sites for hydroxylation is 1. The molecule has 4 rings (SSSR count). The Balaban J connectivity index is 1.25. The van der Waals surface area contributed by atoms with Crippen LogP contribution in [0.5, 0.6) is 5.75 Å². The van der Waals surface area contributed by atoms with Gasteiger partial charge in [-0.05, 0) is 36.8 Å². The van der Waals surface area contributed by atoms with Gasteiger partial charge in [0.25, 0.3) is 5.91 Å². The lowest BCUT2D eigenvalue weighted by Crippen LogP contribution is -2.11. The van der Waals surface area contributed by atoms with Crippen molar-refractivity contribution < 1.29 is 14.2 Å². The number of amides is 1. The standard InChI is InChI=1S/C22H19N5O3S2/c1-15-19(27-30-26-15)14-29-18-11-9-17(10-12-18)20(28)23-21-24-25-22(32-21)31-13-5-8-16-6-3-2-4-7-16/h2-12H,13-14H2,1H3,(H,23,24,28)/b8-5+. The third-order valence-electron chi connectivity index (χ3n) is 4.28. The second kappa shape index (κ2) is 10.7. The normalized spacial score (nSPS) is 11.0. The molecule has 0 aliphatic rings. The molecule has 2 aromatic carbocycles. The topological polar surface area (TPSA) is 103 Å². The minimum Gasteiger partial charge on any atom is -0.487 e. The van der Waals surface area contributed by atoms with E-state index in [0.717, 1.165) is 15.7 Å². The Bertz CT molecular complexity index is 1190. The molecule has 0 aliphatic heterocycles. The summed E-state index contributed by atoms with van der Waals surface area (Å²) in [4.78, 5) is 12.5. The molecule has 0 bridgehead atoms. The Kier molecular flexibility index (Phi) is 7.26. The Morgan fingerprint density at radius 1 is 1.12 bits per heavy atom. The van der Waals surface area contributed by atoms with Gasteiger partial charge in [0.2, 0.25) is 5.13 Å². The van der Waals surface area contributed by atoms with Crippen molar-refractivity contribution in [2.24, 2.45) is 0 Å². The Hall–Kier alpha value is -3.50. The fourth-order valence-corrected chi connectivity index (χ4v) is 4.17. The average molecular weight is 466 g/mol. The summed E-state index contributed by atoms with van der Waals surface area (Å²) in [5.74, 6) is 1.12. The number of rotatable bonds is 9. The molecule has 0 unspecified atom stereocenters. The molecule has 4 aromatic rings. The van der Waals surface area contributed by atoms with E-state index >= 15 is 0 Å². The molecule has 0 fully saturated rings. The van der Waals surface area contributed by atoms with Crippen molar-refractivity contribution in [1.82, 2.24) is 20.5 Å². The van der Waals surface area contributed by atoms with Crippen LogP contribution in [0.2, 0.25) is 0 Å². The van der Waals surface area contributed by atoms with Crippen molar-refractivity contribution in [1.29, 1.82) is 0 Å². The smallest absolute Gasteiger partial charge is 0.257 e. The molecule has 8 nitrogen and oxygen atoms in total. The zero-order chi connectivity index (χ0) is 22.2. The molecule has 2 aromatic heterocycles. The van der Waals surface area contributed by atoms with Gasteiger partial charge in [-0.2, -0.15) is 0 Å². The highest BCUT2D eigenvalue weighted by Crippen LogP contribution is 2.26. The van der Waals surface area contributed by atoms with E-state index in [0.29, 0.717) is 27.8 Å². The quantitative estimate of drug-likeness (QED) is 0.276. The maximum Gasteiger partial charge on any atom is 0.257 e. The highest BCUT2D eigenvalue weighted by molar-refractivity contribution is 8.01. The second-order valence-corrected chi connectivity index (χ2v) is 8.81. The number of nitrogens with one attached hydrogen (secondary N) is 1. The van der Waals surface area contributed by atoms with Crippen LogP contribution in [0.3, 0.4) is 0 Å². The van der Waals surface area contributed by atoms with Crippen molar-refractivity contribution in [2.75, 3.05) is 11.1 Å². The van der Waals surface area contributed by atoms with Gasteiger partial charge in [0.05, 0.1) is 0 Å². The highest BCUT2D eigenvalue weighted by atomic mass is 32.2. The molecule has 0 atom stereocenters. The summed E-state index contributed by atoms with van der Waals surface area (Å²) in [7, 11) is 0. The summed E-state index contributed by atoms with van der Waals surface area (Å²) < 4.78 is 11.1. The lowest BCUT2D eigenvalue weighted by atomic mass is 10.2. The van der Waals surface area contributed by atoms with Gasteiger partial charge in [-0.3, -0.25) is 10.1 Å². The summed E-state index contributed by atoms with van der Waals surface area (Å²) in [5.41, 5.74) is 2.96. The molecule has 32 heavy (non-hydrogen) atoms. The third-order valence-corrected chi connectivity index (χ3v) is 6.20. The number of benzene rings is 2. The highest BCUT2D eigenvalue weighted by Gasteiger charge is 2.11. The van der Waals surface area contributed by atoms with Crippen LogP contribution < -0.4 is 10.1 Å². The Labute approximate surface area is 192 Å². The molecule has 1 N–H and O–H groups in total. The van der Waals surface area contributed by atoms with Crippen LogP contribution in [0.25, 0.3) is 6.08 Å². The lowest BCUT2D eigenvalue weighted by Gasteiger charge is -2.05. The number of aromatic nitrogens is 4. The first kappa shape index (κ1) is 21.7. The van der Waals surface area contributed by atoms with Crippen molar-refractivity contribution in [3.63, 3.8) is 0 Å². The van der Waals surface area contributed by atoms with E-state index in [-0.39, 0.29) is 12.5 Å². The van der Waals surface area contributed by atoms with Gasteiger partial charge in [-0.25, -0.2) is 4.63 Å². The van der Waals surface area contributed by atoms with Crippen LogP contribution in [0.4, 0.5) is 5.13 Å². The molecular formula is C22H19N5O3S2. The van der Waals surface area contributed by atoms with Crippen molar-refractivity contribution in [3.8, 4) is 5.75 Å². The second-order valence-electron chi connectivity index (χ2n) is 6.56. The van der Waals surface area contributed by atoms with E-state index in [1.807, 2.05) is 30.3 Å². The predicted octanol–water partition coefficient (Wildman–Crippen LogP) is 4.87. The summed E-state index contributed by atoms with van der Waals surface area (Å²) in [6, 6.07) is 16.9. The zero-order valence-corrected chi connectivity index (χ0v) is 18.7.